The third kappa shape index (κ3) is 3.98. The molecule has 0 bridgehead atoms. The fourth-order valence-corrected chi connectivity index (χ4v) is 4.37. The Labute approximate surface area is 127 Å². The van der Waals surface area contributed by atoms with Gasteiger partial charge in [0, 0.05) is 3.42 Å². The van der Waals surface area contributed by atoms with Gasteiger partial charge in [-0.25, -0.2) is 0 Å². The Morgan fingerprint density at radius 3 is 2.44 bits per heavy atom. The van der Waals surface area contributed by atoms with Crippen LogP contribution < -0.4 is 0 Å². The second-order valence-corrected chi connectivity index (χ2v) is 9.90. The highest BCUT2D eigenvalue weighted by molar-refractivity contribution is 14.1. The van der Waals surface area contributed by atoms with Gasteiger partial charge >= 0.3 is 0 Å². The van der Waals surface area contributed by atoms with E-state index in [2.05, 4.69) is 49.4 Å². The van der Waals surface area contributed by atoms with E-state index < -0.39 is 0 Å². The molecule has 0 aromatic heterocycles. The van der Waals surface area contributed by atoms with Crippen LogP contribution >= 0.6 is 22.6 Å². The first-order valence-electron chi connectivity index (χ1n) is 7.83. The molecule has 0 spiro atoms. The van der Waals surface area contributed by atoms with E-state index in [1.165, 1.54) is 51.4 Å². The molecule has 104 valence electrons. The number of hydrogen-bond acceptors (Lipinski definition) is 0. The fourth-order valence-electron chi connectivity index (χ4n) is 3.80. The van der Waals surface area contributed by atoms with Crippen LogP contribution in [0.4, 0.5) is 0 Å². The number of allylic oxidation sites excluding steroid dienone is 2. The summed E-state index contributed by atoms with van der Waals surface area (Å²) in [5.74, 6) is 2.86. The summed E-state index contributed by atoms with van der Waals surface area (Å²) in [6.45, 7) is 7.27. The van der Waals surface area contributed by atoms with E-state index in [0.717, 1.165) is 17.8 Å². The maximum atomic E-state index is 2.63. The molecule has 0 heterocycles. The molecule has 2 aliphatic rings. The van der Waals surface area contributed by atoms with Crippen molar-refractivity contribution in [2.24, 2.45) is 17.8 Å². The zero-order valence-electron chi connectivity index (χ0n) is 12.3. The van der Waals surface area contributed by atoms with E-state index in [9.17, 15) is 0 Å². The highest BCUT2D eigenvalue weighted by Crippen LogP contribution is 2.40. The maximum absolute atomic E-state index is 2.63. The largest absolute Gasteiger partial charge is 0.0850 e. The maximum Gasteiger partial charge on any atom is 0.0197 e. The Kier molecular flexibility index (Phi) is 5.19. The van der Waals surface area contributed by atoms with Gasteiger partial charge in [-0.2, -0.15) is 0 Å². The molecule has 18 heavy (non-hydrogen) atoms. The lowest BCUT2D eigenvalue weighted by Gasteiger charge is -2.32. The first-order valence-corrected chi connectivity index (χ1v) is 8.91. The van der Waals surface area contributed by atoms with Crippen molar-refractivity contribution in [1.29, 1.82) is 0 Å². The summed E-state index contributed by atoms with van der Waals surface area (Å²) in [6.07, 6.45) is 14.0. The molecule has 0 aromatic carbocycles. The lowest BCUT2D eigenvalue weighted by Crippen LogP contribution is -2.25. The standard InChI is InChI=1S/C17H29I/c1-13(15-6-4-5-7-15)12-14-8-10-16(11-9-14)17(2,3)18/h8,13,15-16H,4-7,9-12H2,1-3H3. The molecule has 2 aliphatic carbocycles. The molecule has 2 rings (SSSR count). The fraction of sp³-hybridized carbons (Fsp3) is 0.882. The van der Waals surface area contributed by atoms with Crippen LogP contribution in [-0.2, 0) is 0 Å². The molecule has 0 aromatic rings. The van der Waals surface area contributed by atoms with Crippen molar-refractivity contribution >= 4 is 22.6 Å². The minimum absolute atomic E-state index is 0.469. The molecule has 2 unspecified atom stereocenters. The molecule has 0 amide bonds. The van der Waals surface area contributed by atoms with E-state index in [1.54, 1.807) is 5.57 Å². The van der Waals surface area contributed by atoms with Crippen LogP contribution in [0.2, 0.25) is 0 Å². The van der Waals surface area contributed by atoms with Crippen molar-refractivity contribution in [3.63, 3.8) is 0 Å². The summed E-state index contributed by atoms with van der Waals surface area (Å²) >= 11 is 2.63. The van der Waals surface area contributed by atoms with Gasteiger partial charge in [-0.05, 0) is 43.4 Å². The number of hydrogen-bond donors (Lipinski definition) is 0. The van der Waals surface area contributed by atoms with Crippen LogP contribution in [-0.4, -0.2) is 3.42 Å². The van der Waals surface area contributed by atoms with E-state index in [-0.39, 0.29) is 0 Å². The highest BCUT2D eigenvalue weighted by atomic mass is 127. The zero-order chi connectivity index (χ0) is 13.2. The smallest absolute Gasteiger partial charge is 0.0197 e. The van der Waals surface area contributed by atoms with E-state index in [1.807, 2.05) is 0 Å². The summed E-state index contributed by atoms with van der Waals surface area (Å²) in [6, 6.07) is 0. The lowest BCUT2D eigenvalue weighted by atomic mass is 9.78. The van der Waals surface area contributed by atoms with Crippen molar-refractivity contribution in [3.05, 3.63) is 11.6 Å². The van der Waals surface area contributed by atoms with Crippen LogP contribution in [0.1, 0.15) is 72.1 Å². The Hall–Kier alpha value is 0.470. The number of rotatable bonds is 4. The average molecular weight is 360 g/mol. The molecule has 0 aliphatic heterocycles. The topological polar surface area (TPSA) is 0 Å². The molecular weight excluding hydrogens is 331 g/mol. The van der Waals surface area contributed by atoms with Gasteiger partial charge in [-0.3, -0.25) is 0 Å². The first kappa shape index (κ1) is 14.9. The molecule has 0 saturated heterocycles. The predicted octanol–water partition coefficient (Wildman–Crippen LogP) is 6.14. The first-order chi connectivity index (χ1) is 8.47. The summed E-state index contributed by atoms with van der Waals surface area (Å²) < 4.78 is 0.469. The molecule has 1 fully saturated rings. The molecule has 0 N–H and O–H groups in total. The van der Waals surface area contributed by atoms with Crippen LogP contribution in [0.3, 0.4) is 0 Å². The molecule has 0 radical (unpaired) electrons. The van der Waals surface area contributed by atoms with E-state index >= 15 is 0 Å². The van der Waals surface area contributed by atoms with Crippen molar-refractivity contribution in [3.8, 4) is 0 Å². The zero-order valence-corrected chi connectivity index (χ0v) is 14.5. The summed E-state index contributed by atoms with van der Waals surface area (Å²) in [5.41, 5.74) is 1.77. The minimum atomic E-state index is 0.469. The monoisotopic (exact) mass is 360 g/mol. The molecule has 1 heteroatoms. The molecule has 0 nitrogen and oxygen atoms in total. The third-order valence-corrected chi connectivity index (χ3v) is 6.15. The quantitative estimate of drug-likeness (QED) is 0.321. The van der Waals surface area contributed by atoms with Crippen LogP contribution in [0.15, 0.2) is 11.6 Å². The van der Waals surface area contributed by atoms with Crippen molar-refractivity contribution in [2.75, 3.05) is 0 Å². The Bertz CT molecular complexity index is 291. The van der Waals surface area contributed by atoms with Gasteiger partial charge in [0.15, 0.2) is 0 Å². The van der Waals surface area contributed by atoms with Gasteiger partial charge in [0.05, 0.1) is 0 Å². The Morgan fingerprint density at radius 2 is 1.94 bits per heavy atom. The SMILES string of the molecule is CC(CC1=CCC(C(C)(C)I)CC1)C1CCCC1. The molecular formula is C17H29I. The van der Waals surface area contributed by atoms with Crippen LogP contribution in [0.5, 0.6) is 0 Å². The van der Waals surface area contributed by atoms with E-state index in [0.29, 0.717) is 3.42 Å². The minimum Gasteiger partial charge on any atom is -0.0850 e. The summed E-state index contributed by atoms with van der Waals surface area (Å²) in [7, 11) is 0. The predicted molar refractivity (Wildman–Crippen MR) is 89.3 cm³/mol. The van der Waals surface area contributed by atoms with Gasteiger partial charge in [0.1, 0.15) is 0 Å². The Morgan fingerprint density at radius 1 is 1.28 bits per heavy atom. The second kappa shape index (κ2) is 6.28. The number of halogens is 1. The number of alkyl halides is 1. The highest BCUT2D eigenvalue weighted by Gasteiger charge is 2.29. The van der Waals surface area contributed by atoms with Crippen molar-refractivity contribution in [1.82, 2.24) is 0 Å². The van der Waals surface area contributed by atoms with Crippen molar-refractivity contribution < 1.29 is 0 Å². The van der Waals surface area contributed by atoms with Gasteiger partial charge < -0.3 is 0 Å². The van der Waals surface area contributed by atoms with Gasteiger partial charge in [0.2, 0.25) is 0 Å². The van der Waals surface area contributed by atoms with Gasteiger partial charge in [-0.15, -0.1) is 0 Å². The van der Waals surface area contributed by atoms with Gasteiger partial charge in [0.25, 0.3) is 0 Å². The third-order valence-electron chi connectivity index (χ3n) is 5.26. The average Bonchev–Trinajstić information content (AvgIpc) is 2.82. The molecule has 1 saturated carbocycles. The van der Waals surface area contributed by atoms with Crippen LogP contribution in [0, 0.1) is 17.8 Å². The van der Waals surface area contributed by atoms with Gasteiger partial charge in [-0.1, -0.05) is 80.7 Å². The summed E-state index contributed by atoms with van der Waals surface area (Å²) in [5, 5.41) is 0. The Balaban J connectivity index is 1.82. The normalized spacial score (nSPS) is 28.2. The summed E-state index contributed by atoms with van der Waals surface area (Å²) in [4.78, 5) is 0. The second-order valence-electron chi connectivity index (χ2n) is 7.12. The van der Waals surface area contributed by atoms with Crippen LogP contribution in [0.25, 0.3) is 0 Å². The van der Waals surface area contributed by atoms with Crippen molar-refractivity contribution in [2.45, 2.75) is 75.6 Å². The van der Waals surface area contributed by atoms with E-state index in [4.69, 9.17) is 0 Å². The lowest BCUT2D eigenvalue weighted by molar-refractivity contribution is 0.345. The molecule has 2 atom stereocenters.